The van der Waals surface area contributed by atoms with Crippen LogP contribution in [0.2, 0.25) is 0 Å². The number of rotatable bonds is 5. The number of carbonyl (C=O) groups excluding carboxylic acids is 1. The number of amides is 1. The minimum atomic E-state index is -2.91. The standard InChI is InChI=1S/C20H23F2N5O2/c1-12(19(29)26-17-10-23-16(9-24-17)13-2-3-13)27-7-6-20(21,22)15(11-27)14-4-5-18(28)25-8-14/h4-5,8-10,12-13,15H,2-3,6-7,11H2,1H3,(H,25,28)(H,24,26,29). The number of piperidine rings is 1. The molecule has 154 valence electrons. The SMILES string of the molecule is CC(C(=O)Nc1cnc(C2CC2)cn1)N1CCC(F)(F)C(c2ccc(=O)[nH]c2)C1. The quantitative estimate of drug-likeness (QED) is 0.801. The summed E-state index contributed by atoms with van der Waals surface area (Å²) >= 11 is 0. The summed E-state index contributed by atoms with van der Waals surface area (Å²) in [6.45, 7) is 1.81. The van der Waals surface area contributed by atoms with Crippen LogP contribution in [0.5, 0.6) is 0 Å². The molecule has 3 heterocycles. The maximum atomic E-state index is 14.5. The highest BCUT2D eigenvalue weighted by Gasteiger charge is 2.46. The number of H-pyrrole nitrogens is 1. The van der Waals surface area contributed by atoms with Gasteiger partial charge in [-0.15, -0.1) is 0 Å². The number of aromatic amines is 1. The van der Waals surface area contributed by atoms with E-state index in [-0.39, 0.29) is 31.0 Å². The molecule has 1 aliphatic heterocycles. The highest BCUT2D eigenvalue weighted by molar-refractivity contribution is 5.93. The van der Waals surface area contributed by atoms with E-state index in [0.29, 0.717) is 17.3 Å². The molecule has 7 nitrogen and oxygen atoms in total. The van der Waals surface area contributed by atoms with Crippen molar-refractivity contribution in [2.75, 3.05) is 18.4 Å². The summed E-state index contributed by atoms with van der Waals surface area (Å²) < 4.78 is 29.0. The Kier molecular flexibility index (Phi) is 5.16. The number of hydrogen-bond acceptors (Lipinski definition) is 5. The second kappa shape index (κ2) is 7.62. The second-order valence-electron chi connectivity index (χ2n) is 7.81. The van der Waals surface area contributed by atoms with Crippen LogP contribution in [0.4, 0.5) is 14.6 Å². The van der Waals surface area contributed by atoms with Crippen LogP contribution in [0.1, 0.15) is 49.3 Å². The predicted octanol–water partition coefficient (Wildman–Crippen LogP) is 2.49. The summed E-state index contributed by atoms with van der Waals surface area (Å²) in [5.41, 5.74) is 0.942. The average Bonchev–Trinajstić information content (AvgIpc) is 3.54. The number of alkyl halides is 2. The first-order chi connectivity index (χ1) is 13.8. The lowest BCUT2D eigenvalue weighted by atomic mass is 9.87. The van der Waals surface area contributed by atoms with Gasteiger partial charge >= 0.3 is 0 Å². The Morgan fingerprint density at radius 1 is 1.31 bits per heavy atom. The van der Waals surface area contributed by atoms with Gasteiger partial charge in [0, 0.05) is 37.7 Å². The van der Waals surface area contributed by atoms with Crippen LogP contribution in [-0.4, -0.2) is 50.8 Å². The van der Waals surface area contributed by atoms with Crippen LogP contribution in [-0.2, 0) is 4.79 Å². The molecule has 0 spiro atoms. The van der Waals surface area contributed by atoms with E-state index in [2.05, 4.69) is 20.3 Å². The number of anilines is 1. The van der Waals surface area contributed by atoms with Gasteiger partial charge in [-0.25, -0.2) is 13.8 Å². The molecule has 2 unspecified atom stereocenters. The number of hydrogen-bond donors (Lipinski definition) is 2. The van der Waals surface area contributed by atoms with Crippen molar-refractivity contribution < 1.29 is 13.6 Å². The Morgan fingerprint density at radius 2 is 2.10 bits per heavy atom. The van der Waals surface area contributed by atoms with Crippen LogP contribution in [0, 0.1) is 0 Å². The predicted molar refractivity (Wildman–Crippen MR) is 103 cm³/mol. The van der Waals surface area contributed by atoms with Gasteiger partial charge in [0.1, 0.15) is 0 Å². The Morgan fingerprint density at radius 3 is 2.72 bits per heavy atom. The maximum absolute atomic E-state index is 14.5. The molecule has 2 fully saturated rings. The highest BCUT2D eigenvalue weighted by Crippen LogP contribution is 2.40. The van der Waals surface area contributed by atoms with Crippen molar-refractivity contribution in [1.82, 2.24) is 19.9 Å². The van der Waals surface area contributed by atoms with E-state index in [1.807, 2.05) is 0 Å². The molecular formula is C20H23F2N5O2. The Balaban J connectivity index is 1.43. The Hall–Kier alpha value is -2.68. The highest BCUT2D eigenvalue weighted by atomic mass is 19.3. The fraction of sp³-hybridized carbons (Fsp3) is 0.500. The van der Waals surface area contributed by atoms with Crippen LogP contribution >= 0.6 is 0 Å². The summed E-state index contributed by atoms with van der Waals surface area (Å²) in [6, 6.07) is 2.05. The Bertz CT molecular complexity index is 922. The molecule has 0 radical (unpaired) electrons. The molecule has 1 aliphatic carbocycles. The summed E-state index contributed by atoms with van der Waals surface area (Å²) in [4.78, 5) is 36.6. The van der Waals surface area contributed by atoms with E-state index in [0.717, 1.165) is 18.5 Å². The summed E-state index contributed by atoms with van der Waals surface area (Å²) in [5.74, 6) is -3.49. The molecule has 2 aromatic rings. The van der Waals surface area contributed by atoms with E-state index >= 15 is 0 Å². The van der Waals surface area contributed by atoms with Gasteiger partial charge in [0.25, 0.3) is 5.92 Å². The average molecular weight is 403 g/mol. The number of nitrogens with one attached hydrogen (secondary N) is 2. The normalized spacial score (nSPS) is 22.8. The van der Waals surface area contributed by atoms with Gasteiger partial charge in [0.05, 0.1) is 30.0 Å². The van der Waals surface area contributed by atoms with E-state index in [4.69, 9.17) is 0 Å². The first-order valence-corrected chi connectivity index (χ1v) is 9.77. The van der Waals surface area contributed by atoms with Crippen LogP contribution in [0.3, 0.4) is 0 Å². The molecule has 2 aliphatic rings. The zero-order chi connectivity index (χ0) is 20.6. The van der Waals surface area contributed by atoms with E-state index in [1.165, 1.54) is 24.5 Å². The van der Waals surface area contributed by atoms with Gasteiger partial charge < -0.3 is 10.3 Å². The third kappa shape index (κ3) is 4.34. The molecule has 2 aromatic heterocycles. The van der Waals surface area contributed by atoms with E-state index < -0.39 is 17.9 Å². The molecule has 9 heteroatoms. The van der Waals surface area contributed by atoms with Crippen molar-refractivity contribution >= 4 is 11.7 Å². The fourth-order valence-electron chi connectivity index (χ4n) is 3.66. The number of pyridine rings is 1. The minimum Gasteiger partial charge on any atom is -0.329 e. The largest absolute Gasteiger partial charge is 0.329 e. The zero-order valence-corrected chi connectivity index (χ0v) is 16.1. The van der Waals surface area contributed by atoms with Gasteiger partial charge in [-0.3, -0.25) is 19.5 Å². The fourth-order valence-corrected chi connectivity index (χ4v) is 3.66. The first kappa shape index (κ1) is 19.6. The molecule has 0 aromatic carbocycles. The third-order valence-electron chi connectivity index (χ3n) is 5.72. The lowest BCUT2D eigenvalue weighted by Gasteiger charge is -2.40. The molecule has 1 amide bonds. The number of likely N-dealkylation sites (tertiary alicyclic amines) is 1. The summed E-state index contributed by atoms with van der Waals surface area (Å²) in [5, 5.41) is 2.72. The molecule has 2 N–H and O–H groups in total. The van der Waals surface area contributed by atoms with Crippen molar-refractivity contribution in [3.05, 3.63) is 52.3 Å². The lowest BCUT2D eigenvalue weighted by molar-refractivity contribution is -0.125. The van der Waals surface area contributed by atoms with Gasteiger partial charge in [0.15, 0.2) is 5.82 Å². The number of nitrogens with zero attached hydrogens (tertiary/aromatic N) is 3. The van der Waals surface area contributed by atoms with Gasteiger partial charge in [-0.2, -0.15) is 0 Å². The van der Waals surface area contributed by atoms with Gasteiger partial charge in [-0.1, -0.05) is 6.07 Å². The summed E-state index contributed by atoms with van der Waals surface area (Å²) in [7, 11) is 0. The van der Waals surface area contributed by atoms with Crippen molar-refractivity contribution in [2.45, 2.75) is 50.0 Å². The molecule has 1 saturated carbocycles. The monoisotopic (exact) mass is 403 g/mol. The van der Waals surface area contributed by atoms with E-state index in [1.54, 1.807) is 18.0 Å². The number of halogens is 2. The lowest BCUT2D eigenvalue weighted by Crippen LogP contribution is -2.52. The topological polar surface area (TPSA) is 91.0 Å². The number of carbonyl (C=O) groups is 1. The number of aromatic nitrogens is 3. The minimum absolute atomic E-state index is 0.0138. The molecule has 1 saturated heterocycles. The molecule has 0 bridgehead atoms. The van der Waals surface area contributed by atoms with Crippen LogP contribution in [0.25, 0.3) is 0 Å². The molecular weight excluding hydrogens is 380 g/mol. The zero-order valence-electron chi connectivity index (χ0n) is 16.1. The van der Waals surface area contributed by atoms with Crippen molar-refractivity contribution in [2.24, 2.45) is 0 Å². The van der Waals surface area contributed by atoms with Crippen LogP contribution < -0.4 is 10.9 Å². The van der Waals surface area contributed by atoms with Crippen molar-refractivity contribution in [3.63, 3.8) is 0 Å². The van der Waals surface area contributed by atoms with Crippen LogP contribution in [0.15, 0.2) is 35.5 Å². The second-order valence-corrected chi connectivity index (χ2v) is 7.81. The maximum Gasteiger partial charge on any atom is 0.257 e. The van der Waals surface area contributed by atoms with Gasteiger partial charge in [0.2, 0.25) is 11.5 Å². The van der Waals surface area contributed by atoms with Crippen molar-refractivity contribution in [1.29, 1.82) is 0 Å². The van der Waals surface area contributed by atoms with Gasteiger partial charge in [-0.05, 0) is 25.3 Å². The molecule has 4 rings (SSSR count). The smallest absolute Gasteiger partial charge is 0.257 e. The molecule has 2 atom stereocenters. The Labute approximate surface area is 166 Å². The van der Waals surface area contributed by atoms with E-state index in [9.17, 15) is 18.4 Å². The van der Waals surface area contributed by atoms with Crippen molar-refractivity contribution in [3.8, 4) is 0 Å². The third-order valence-corrected chi connectivity index (χ3v) is 5.72. The molecule has 29 heavy (non-hydrogen) atoms. The first-order valence-electron chi connectivity index (χ1n) is 9.77. The summed E-state index contributed by atoms with van der Waals surface area (Å²) in [6.07, 6.45) is 6.41.